The molecule has 7 heteroatoms. The van der Waals surface area contributed by atoms with Crippen molar-refractivity contribution in [3.05, 3.63) is 0 Å². The molecule has 0 saturated carbocycles. The fourth-order valence-electron chi connectivity index (χ4n) is 2.61. The van der Waals surface area contributed by atoms with Gasteiger partial charge in [0.2, 0.25) is 0 Å². The molecule has 0 aromatic carbocycles. The molecule has 6 nitrogen and oxygen atoms in total. The summed E-state index contributed by atoms with van der Waals surface area (Å²) in [7, 11) is 2.15. The Morgan fingerprint density at radius 2 is 0.780 bits per heavy atom. The normalized spacial score (nSPS) is 18.4. The summed E-state index contributed by atoms with van der Waals surface area (Å²) in [6, 6.07) is 0. The van der Waals surface area contributed by atoms with Gasteiger partial charge in [0.1, 0.15) is 0 Å². The third-order valence-electron chi connectivity index (χ3n) is 4.24. The van der Waals surface area contributed by atoms with Crippen LogP contribution in [-0.4, -0.2) is 102 Å². The Morgan fingerprint density at radius 3 is 0.902 bits per heavy atom. The lowest BCUT2D eigenvalue weighted by Crippen LogP contribution is -2.40. The average molecular weight is 608 g/mol. The minimum Gasteiger partial charge on any atom is -0.379 e. The monoisotopic (exact) mass is 608 g/mol. The minimum atomic E-state index is 0.833. The number of hydrogen-bond donors (Lipinski definition) is 4. The molecule has 41 heavy (non-hydrogen) atoms. The number of nitrogens with one attached hydrogen (secondary N) is 4. The molecule has 254 valence electrons. The van der Waals surface area contributed by atoms with Gasteiger partial charge in [-0.05, 0) is 56.7 Å². The van der Waals surface area contributed by atoms with Gasteiger partial charge in [-0.25, -0.2) is 0 Å². The molecule has 4 aliphatic heterocycles. The number of piperazine rings is 1. The number of rotatable bonds is 0. The van der Waals surface area contributed by atoms with Crippen LogP contribution in [0.5, 0.6) is 0 Å². The van der Waals surface area contributed by atoms with Crippen molar-refractivity contribution in [3.8, 4) is 0 Å². The smallest absolute Gasteiger partial charge is 0.0591 e. The van der Waals surface area contributed by atoms with Crippen LogP contribution in [0.1, 0.15) is 102 Å². The van der Waals surface area contributed by atoms with Gasteiger partial charge < -0.3 is 30.9 Å². The van der Waals surface area contributed by atoms with Gasteiger partial charge in [-0.3, -0.25) is 0 Å². The molecule has 4 N–H and O–H groups in total. The molecule has 0 radical (unpaired) electrons. The highest BCUT2D eigenvalue weighted by atomic mass is 32.2. The molecule has 0 aliphatic carbocycles. The van der Waals surface area contributed by atoms with Crippen LogP contribution in [-0.2, 0) is 4.74 Å². The molecule has 4 aliphatic rings. The summed E-state index contributed by atoms with van der Waals surface area (Å²) in [6.07, 6.45) is 4.22. The van der Waals surface area contributed by atoms with Crippen LogP contribution in [0.15, 0.2) is 0 Å². The van der Waals surface area contributed by atoms with Crippen molar-refractivity contribution in [1.29, 1.82) is 0 Å². The topological polar surface area (TPSA) is 60.6 Å². The van der Waals surface area contributed by atoms with Gasteiger partial charge >= 0.3 is 0 Å². The Bertz CT molecular complexity index is 310. The standard InChI is InChI=1S/C5H12N2.C5H11N.C4H9NO.C4H9NS.4C4H10/c1-7-4-2-6-3-5-7;1-2-4-6-5-3-1;2*1-3-6-4-2-5-1;4*1-4(2)3/h6H,2-5H2,1H3;6H,1-5H2;2*5H,1-4H2;4*4H,1-3H3. The summed E-state index contributed by atoms with van der Waals surface area (Å²) >= 11 is 2.03. The Morgan fingerprint density at radius 1 is 0.463 bits per heavy atom. The largest absolute Gasteiger partial charge is 0.379 e. The zero-order valence-corrected chi connectivity index (χ0v) is 31.4. The number of thioether (sulfide) groups is 1. The summed E-state index contributed by atoms with van der Waals surface area (Å²) < 4.78 is 5.01. The minimum absolute atomic E-state index is 0.833. The van der Waals surface area contributed by atoms with Crippen LogP contribution in [0, 0.1) is 23.7 Å². The molecule has 4 heterocycles. The van der Waals surface area contributed by atoms with E-state index in [1.807, 2.05) is 11.8 Å². The maximum atomic E-state index is 5.01. The number of ether oxygens (including phenoxy) is 1. The predicted octanol–water partition coefficient (Wildman–Crippen LogP) is 6.86. The van der Waals surface area contributed by atoms with Gasteiger partial charge in [0.05, 0.1) is 13.2 Å². The third kappa shape index (κ3) is 85.5. The van der Waals surface area contributed by atoms with Gasteiger partial charge in [-0.15, -0.1) is 0 Å². The van der Waals surface area contributed by atoms with Crippen molar-refractivity contribution in [1.82, 2.24) is 26.2 Å². The van der Waals surface area contributed by atoms with E-state index in [2.05, 4.69) is 116 Å². The molecular formula is C34H81N5OS. The Balaban J connectivity index is -0.000000193. The quantitative estimate of drug-likeness (QED) is 0.240. The first-order valence-electron chi connectivity index (χ1n) is 17.0. The van der Waals surface area contributed by atoms with Crippen LogP contribution in [0.3, 0.4) is 0 Å². The Labute approximate surface area is 265 Å². The maximum absolute atomic E-state index is 5.01. The lowest BCUT2D eigenvalue weighted by atomic mass is 10.2. The maximum Gasteiger partial charge on any atom is 0.0591 e. The molecule has 0 atom stereocenters. The highest BCUT2D eigenvalue weighted by Gasteiger charge is 2.01. The first-order chi connectivity index (χ1) is 19.3. The van der Waals surface area contributed by atoms with Crippen molar-refractivity contribution < 1.29 is 4.74 Å². The van der Waals surface area contributed by atoms with Gasteiger partial charge in [0.25, 0.3) is 0 Å². The average Bonchev–Trinajstić information content (AvgIpc) is 2.92. The zero-order chi connectivity index (χ0) is 32.2. The fourth-order valence-corrected chi connectivity index (χ4v) is 3.39. The molecule has 4 fully saturated rings. The van der Waals surface area contributed by atoms with E-state index in [4.69, 9.17) is 4.74 Å². The molecule has 0 unspecified atom stereocenters. The Kier molecular flexibility index (Phi) is 49.5. The summed E-state index contributed by atoms with van der Waals surface area (Å²) in [4.78, 5) is 2.33. The predicted molar refractivity (Wildman–Crippen MR) is 193 cm³/mol. The highest BCUT2D eigenvalue weighted by molar-refractivity contribution is 7.99. The summed E-state index contributed by atoms with van der Waals surface area (Å²) in [5.41, 5.74) is 0. The number of morpholine rings is 1. The number of hydrogen-bond acceptors (Lipinski definition) is 7. The van der Waals surface area contributed by atoms with Crippen molar-refractivity contribution in [3.63, 3.8) is 0 Å². The molecule has 0 aromatic heterocycles. The van der Waals surface area contributed by atoms with Crippen LogP contribution in [0.2, 0.25) is 0 Å². The fraction of sp³-hybridized carbons (Fsp3) is 1.00. The first kappa shape index (κ1) is 48.0. The molecule has 4 rings (SSSR count). The van der Waals surface area contributed by atoms with Gasteiger partial charge in [-0.1, -0.05) is 89.5 Å². The van der Waals surface area contributed by atoms with E-state index < -0.39 is 0 Å². The molecule has 4 saturated heterocycles. The summed E-state index contributed by atoms with van der Waals surface area (Å²) in [5, 5.41) is 13.0. The number of nitrogens with zero attached hydrogens (tertiary/aromatic N) is 1. The molecule has 0 spiro atoms. The summed E-state index contributed by atoms with van der Waals surface area (Å²) in [5.74, 6) is 5.94. The summed E-state index contributed by atoms with van der Waals surface area (Å²) in [6.45, 7) is 39.5. The first-order valence-corrected chi connectivity index (χ1v) is 18.1. The van der Waals surface area contributed by atoms with Crippen LogP contribution < -0.4 is 21.3 Å². The van der Waals surface area contributed by atoms with Crippen LogP contribution in [0.25, 0.3) is 0 Å². The zero-order valence-electron chi connectivity index (χ0n) is 30.6. The van der Waals surface area contributed by atoms with Crippen molar-refractivity contribution in [2.45, 2.75) is 102 Å². The van der Waals surface area contributed by atoms with Crippen LogP contribution in [0.4, 0.5) is 0 Å². The van der Waals surface area contributed by atoms with E-state index in [0.717, 1.165) is 63.1 Å². The van der Waals surface area contributed by atoms with Gasteiger partial charge in [-0.2, -0.15) is 11.8 Å². The van der Waals surface area contributed by atoms with Crippen molar-refractivity contribution in [2.24, 2.45) is 23.7 Å². The van der Waals surface area contributed by atoms with E-state index >= 15 is 0 Å². The van der Waals surface area contributed by atoms with Gasteiger partial charge in [0, 0.05) is 63.9 Å². The number of piperidine rings is 1. The molecular weight excluding hydrogens is 526 g/mol. The molecule has 0 amide bonds. The molecule has 0 aromatic rings. The van der Waals surface area contributed by atoms with E-state index in [9.17, 15) is 0 Å². The van der Waals surface area contributed by atoms with Crippen molar-refractivity contribution in [2.75, 3.05) is 97.2 Å². The second kappa shape index (κ2) is 42.2. The Hall–Kier alpha value is 0.110. The SMILES string of the molecule is C1CCNCC1.C1COCCN1.C1CSCCN1.CC(C)C.CC(C)C.CC(C)C.CC(C)C.CN1CCNCC1. The highest BCUT2D eigenvalue weighted by Crippen LogP contribution is 1.99. The second-order valence-corrected chi connectivity index (χ2v) is 14.7. The lowest BCUT2D eigenvalue weighted by molar-refractivity contribution is 0.109. The van der Waals surface area contributed by atoms with Crippen LogP contribution >= 0.6 is 11.8 Å². The van der Waals surface area contributed by atoms with Gasteiger partial charge in [0.15, 0.2) is 0 Å². The lowest BCUT2D eigenvalue weighted by Gasteiger charge is -2.21. The molecule has 0 bridgehead atoms. The van der Waals surface area contributed by atoms with Crippen molar-refractivity contribution >= 4 is 11.8 Å². The van der Waals surface area contributed by atoms with E-state index in [-0.39, 0.29) is 0 Å². The third-order valence-corrected chi connectivity index (χ3v) is 5.23. The number of likely N-dealkylation sites (N-methyl/N-ethyl adjacent to an activating group) is 1. The van der Waals surface area contributed by atoms with E-state index in [0.29, 0.717) is 0 Å². The van der Waals surface area contributed by atoms with E-state index in [1.165, 1.54) is 70.0 Å². The van der Waals surface area contributed by atoms with E-state index in [1.54, 1.807) is 0 Å². The second-order valence-electron chi connectivity index (χ2n) is 13.5.